The van der Waals surface area contributed by atoms with Crippen molar-refractivity contribution in [3.8, 4) is 0 Å². The normalized spacial score (nSPS) is 12.2. The highest BCUT2D eigenvalue weighted by atomic mass is 16.2. The monoisotopic (exact) mass is 249 g/mol. The average Bonchev–Trinajstić information content (AvgIpc) is 2.28. The molecule has 0 aliphatic rings. The number of amides is 2. The number of carbonyl (C=O) groups is 2. The van der Waals surface area contributed by atoms with Crippen molar-refractivity contribution < 1.29 is 9.59 Å². The summed E-state index contributed by atoms with van der Waals surface area (Å²) < 4.78 is 0. The minimum absolute atomic E-state index is 0.155. The van der Waals surface area contributed by atoms with Gasteiger partial charge in [-0.3, -0.25) is 14.6 Å². The molecule has 0 aliphatic carbocycles. The number of nitrogens with two attached hydrogens (primary N) is 1. The number of aromatic nitrogens is 1. The molecule has 0 fully saturated rings. The molecule has 5 heteroatoms. The first-order chi connectivity index (χ1) is 8.49. The van der Waals surface area contributed by atoms with E-state index in [1.807, 2.05) is 19.9 Å². The molecule has 1 atom stereocenters. The number of carbonyl (C=O) groups excluding carboxylic acids is 2. The van der Waals surface area contributed by atoms with Gasteiger partial charge >= 0.3 is 0 Å². The Bertz CT molecular complexity index is 404. The molecule has 3 N–H and O–H groups in total. The summed E-state index contributed by atoms with van der Waals surface area (Å²) in [6.45, 7) is 3.95. The number of nitrogens with one attached hydrogen (secondary N) is 1. The molecular weight excluding hydrogens is 230 g/mol. The van der Waals surface area contributed by atoms with Gasteiger partial charge in [0.1, 0.15) is 6.04 Å². The smallest absolute Gasteiger partial charge is 0.240 e. The van der Waals surface area contributed by atoms with Crippen molar-refractivity contribution in [3.05, 3.63) is 30.1 Å². The second-order valence-corrected chi connectivity index (χ2v) is 4.65. The lowest BCUT2D eigenvalue weighted by Gasteiger charge is -2.17. The van der Waals surface area contributed by atoms with E-state index in [1.165, 1.54) is 0 Å². The van der Waals surface area contributed by atoms with Gasteiger partial charge in [-0.25, -0.2) is 0 Å². The van der Waals surface area contributed by atoms with E-state index in [0.717, 1.165) is 0 Å². The van der Waals surface area contributed by atoms with E-state index in [2.05, 4.69) is 10.3 Å². The topological polar surface area (TPSA) is 85.1 Å². The predicted molar refractivity (Wildman–Crippen MR) is 68.5 cm³/mol. The Balaban J connectivity index is 2.54. The number of hydrogen-bond donors (Lipinski definition) is 2. The number of hydrogen-bond acceptors (Lipinski definition) is 3. The van der Waals surface area contributed by atoms with Gasteiger partial charge < -0.3 is 11.1 Å². The van der Waals surface area contributed by atoms with Gasteiger partial charge in [-0.05, 0) is 24.5 Å². The molecule has 0 aromatic carbocycles. The van der Waals surface area contributed by atoms with E-state index in [4.69, 9.17) is 5.73 Å². The first-order valence-electron chi connectivity index (χ1n) is 5.97. The van der Waals surface area contributed by atoms with Crippen LogP contribution < -0.4 is 11.1 Å². The molecule has 1 heterocycles. The summed E-state index contributed by atoms with van der Waals surface area (Å²) >= 11 is 0. The third-order valence-electron chi connectivity index (χ3n) is 2.45. The molecule has 0 saturated heterocycles. The third-order valence-corrected chi connectivity index (χ3v) is 2.45. The van der Waals surface area contributed by atoms with Crippen LogP contribution in [-0.2, 0) is 16.0 Å². The zero-order valence-corrected chi connectivity index (χ0v) is 10.7. The molecule has 1 aromatic heterocycles. The van der Waals surface area contributed by atoms with Crippen LogP contribution in [-0.4, -0.2) is 22.8 Å². The second kappa shape index (κ2) is 6.74. The fourth-order valence-electron chi connectivity index (χ4n) is 1.63. The molecule has 1 aromatic rings. The molecule has 2 amide bonds. The first kappa shape index (κ1) is 14.2. The minimum Gasteiger partial charge on any atom is -0.368 e. The average molecular weight is 249 g/mol. The number of primary amides is 1. The van der Waals surface area contributed by atoms with Crippen molar-refractivity contribution in [2.24, 2.45) is 11.7 Å². The zero-order valence-electron chi connectivity index (χ0n) is 10.7. The van der Waals surface area contributed by atoms with E-state index >= 15 is 0 Å². The maximum atomic E-state index is 11.7. The van der Waals surface area contributed by atoms with Gasteiger partial charge in [0.05, 0.1) is 6.42 Å². The molecule has 0 aliphatic heterocycles. The molecule has 98 valence electrons. The lowest BCUT2D eigenvalue weighted by molar-refractivity contribution is -0.127. The van der Waals surface area contributed by atoms with Gasteiger partial charge in [0.25, 0.3) is 0 Å². The van der Waals surface area contributed by atoms with Crippen LogP contribution in [0.15, 0.2) is 24.4 Å². The van der Waals surface area contributed by atoms with Crippen LogP contribution in [0, 0.1) is 5.92 Å². The summed E-state index contributed by atoms with van der Waals surface area (Å²) in [5.41, 5.74) is 5.93. The Labute approximate surface area is 107 Å². The minimum atomic E-state index is -0.610. The van der Waals surface area contributed by atoms with Crippen molar-refractivity contribution >= 4 is 11.8 Å². The third kappa shape index (κ3) is 4.95. The summed E-state index contributed by atoms with van der Waals surface area (Å²) in [4.78, 5) is 27.0. The SMILES string of the molecule is CC(C)CC(NC(=O)Cc1ccccn1)C(N)=O. The Hall–Kier alpha value is -1.91. The fraction of sp³-hybridized carbons (Fsp3) is 0.462. The van der Waals surface area contributed by atoms with Crippen LogP contribution in [0.3, 0.4) is 0 Å². The standard InChI is InChI=1S/C13H19N3O2/c1-9(2)7-11(13(14)18)16-12(17)8-10-5-3-4-6-15-10/h3-6,9,11H,7-8H2,1-2H3,(H2,14,18)(H,16,17). The summed E-state index contributed by atoms with van der Waals surface area (Å²) in [7, 11) is 0. The van der Waals surface area contributed by atoms with E-state index < -0.39 is 11.9 Å². The van der Waals surface area contributed by atoms with Gasteiger partial charge in [0, 0.05) is 11.9 Å². The van der Waals surface area contributed by atoms with Crippen molar-refractivity contribution in [1.82, 2.24) is 10.3 Å². The van der Waals surface area contributed by atoms with Gasteiger partial charge in [-0.15, -0.1) is 0 Å². The van der Waals surface area contributed by atoms with E-state index in [9.17, 15) is 9.59 Å². The largest absolute Gasteiger partial charge is 0.368 e. The number of nitrogens with zero attached hydrogens (tertiary/aromatic N) is 1. The van der Waals surface area contributed by atoms with E-state index in [-0.39, 0.29) is 18.2 Å². The molecule has 0 spiro atoms. The molecule has 1 unspecified atom stereocenters. The molecule has 18 heavy (non-hydrogen) atoms. The quantitative estimate of drug-likeness (QED) is 0.775. The Kier molecular flexibility index (Phi) is 5.30. The van der Waals surface area contributed by atoms with Crippen LogP contribution in [0.1, 0.15) is 26.0 Å². The summed E-state index contributed by atoms with van der Waals surface area (Å²) in [6, 6.07) is 4.75. The van der Waals surface area contributed by atoms with Crippen molar-refractivity contribution in [2.45, 2.75) is 32.7 Å². The van der Waals surface area contributed by atoms with Crippen molar-refractivity contribution in [3.63, 3.8) is 0 Å². The van der Waals surface area contributed by atoms with Gasteiger partial charge in [-0.1, -0.05) is 19.9 Å². The zero-order chi connectivity index (χ0) is 13.5. The highest BCUT2D eigenvalue weighted by molar-refractivity contribution is 5.87. The maximum absolute atomic E-state index is 11.7. The summed E-state index contributed by atoms with van der Waals surface area (Å²) in [5, 5.41) is 2.64. The van der Waals surface area contributed by atoms with Crippen LogP contribution >= 0.6 is 0 Å². The van der Waals surface area contributed by atoms with Crippen molar-refractivity contribution in [2.75, 3.05) is 0 Å². The van der Waals surface area contributed by atoms with Crippen molar-refractivity contribution in [1.29, 1.82) is 0 Å². The van der Waals surface area contributed by atoms with Crippen LogP contribution in [0.2, 0.25) is 0 Å². The number of rotatable bonds is 6. The highest BCUT2D eigenvalue weighted by Gasteiger charge is 2.19. The summed E-state index contributed by atoms with van der Waals surface area (Å²) in [5.74, 6) is -0.450. The molecule has 1 rings (SSSR count). The first-order valence-corrected chi connectivity index (χ1v) is 5.97. The molecule has 5 nitrogen and oxygen atoms in total. The van der Waals surface area contributed by atoms with Gasteiger partial charge in [0.2, 0.25) is 11.8 Å². The Morgan fingerprint density at radius 3 is 2.61 bits per heavy atom. The second-order valence-electron chi connectivity index (χ2n) is 4.65. The fourth-order valence-corrected chi connectivity index (χ4v) is 1.63. The van der Waals surface area contributed by atoms with Crippen LogP contribution in [0.25, 0.3) is 0 Å². The van der Waals surface area contributed by atoms with Crippen LogP contribution in [0.4, 0.5) is 0 Å². The van der Waals surface area contributed by atoms with E-state index in [1.54, 1.807) is 18.3 Å². The molecule has 0 bridgehead atoms. The molecule has 0 radical (unpaired) electrons. The number of pyridine rings is 1. The molecule has 0 saturated carbocycles. The Morgan fingerprint density at radius 2 is 2.11 bits per heavy atom. The van der Waals surface area contributed by atoms with Gasteiger partial charge in [-0.2, -0.15) is 0 Å². The maximum Gasteiger partial charge on any atom is 0.240 e. The lowest BCUT2D eigenvalue weighted by Crippen LogP contribution is -2.45. The summed E-state index contributed by atoms with van der Waals surface area (Å²) in [6.07, 6.45) is 2.33. The van der Waals surface area contributed by atoms with Crippen LogP contribution in [0.5, 0.6) is 0 Å². The molecular formula is C13H19N3O2. The van der Waals surface area contributed by atoms with E-state index in [0.29, 0.717) is 12.1 Å². The Morgan fingerprint density at radius 1 is 1.39 bits per heavy atom. The lowest BCUT2D eigenvalue weighted by atomic mass is 10.0. The predicted octanol–water partition coefficient (Wildman–Crippen LogP) is 0.640. The van der Waals surface area contributed by atoms with Gasteiger partial charge in [0.15, 0.2) is 0 Å². The highest BCUT2D eigenvalue weighted by Crippen LogP contribution is 2.05.